The summed E-state index contributed by atoms with van der Waals surface area (Å²) < 4.78 is 5.39. The minimum Gasteiger partial charge on any atom is -0.369 e. The van der Waals surface area contributed by atoms with E-state index in [1.165, 1.54) is 11.1 Å². The van der Waals surface area contributed by atoms with Crippen molar-refractivity contribution in [2.45, 2.75) is 49.6 Å². The lowest BCUT2D eigenvalue weighted by Gasteiger charge is -2.32. The van der Waals surface area contributed by atoms with Crippen molar-refractivity contribution < 1.29 is 9.53 Å². The van der Waals surface area contributed by atoms with Crippen molar-refractivity contribution in [3.63, 3.8) is 0 Å². The first kappa shape index (κ1) is 23.0. The first-order valence-electron chi connectivity index (χ1n) is 12.2. The maximum atomic E-state index is 12.7. The van der Waals surface area contributed by atoms with Crippen LogP contribution in [0.3, 0.4) is 0 Å². The molecule has 178 valence electrons. The Hall–Kier alpha value is -2.76. The highest BCUT2D eigenvalue weighted by Gasteiger charge is 2.57. The molecular weight excluding hydrogens is 426 g/mol. The van der Waals surface area contributed by atoms with E-state index in [0.29, 0.717) is 19.3 Å². The molecule has 1 aliphatic carbocycles. The van der Waals surface area contributed by atoms with Gasteiger partial charge in [0.15, 0.2) is 0 Å². The summed E-state index contributed by atoms with van der Waals surface area (Å²) in [7, 11) is 2.18. The fourth-order valence-corrected chi connectivity index (χ4v) is 5.09. The number of fused-ring (bicyclic) bond motifs is 1. The topological polar surface area (TPSA) is 97.9 Å². The van der Waals surface area contributed by atoms with E-state index >= 15 is 0 Å². The predicted molar refractivity (Wildman–Crippen MR) is 131 cm³/mol. The summed E-state index contributed by atoms with van der Waals surface area (Å²) in [5.74, 6) is -0.247. The smallest absolute Gasteiger partial charge is 0.241 e. The maximum Gasteiger partial charge on any atom is 0.241 e. The maximum absolute atomic E-state index is 12.7. The molecule has 7 nitrogen and oxygen atoms in total. The van der Waals surface area contributed by atoms with Gasteiger partial charge >= 0.3 is 0 Å². The molecule has 2 aromatic carbocycles. The van der Waals surface area contributed by atoms with Crippen molar-refractivity contribution in [2.24, 2.45) is 5.73 Å². The molecule has 0 spiro atoms. The zero-order chi connectivity index (χ0) is 23.7. The van der Waals surface area contributed by atoms with Gasteiger partial charge in [-0.3, -0.25) is 9.69 Å². The second kappa shape index (κ2) is 9.47. The van der Waals surface area contributed by atoms with Crippen molar-refractivity contribution in [3.8, 4) is 17.2 Å². The molecular formula is C27H33N5O2. The molecule has 0 radical (unpaired) electrons. The van der Waals surface area contributed by atoms with Crippen molar-refractivity contribution in [2.75, 3.05) is 33.2 Å². The van der Waals surface area contributed by atoms with Gasteiger partial charge in [-0.25, -0.2) is 0 Å². The minimum absolute atomic E-state index is 0.115. The number of carbonyl (C=O) groups is 1. The third-order valence-corrected chi connectivity index (χ3v) is 7.41. The lowest BCUT2D eigenvalue weighted by Crippen LogP contribution is -2.55. The molecule has 5 rings (SSSR count). The Morgan fingerprint density at radius 2 is 1.62 bits per heavy atom. The van der Waals surface area contributed by atoms with Gasteiger partial charge in [0.2, 0.25) is 5.91 Å². The second-order valence-corrected chi connectivity index (χ2v) is 10.1. The summed E-state index contributed by atoms with van der Waals surface area (Å²) in [6.07, 6.45) is 1.75. The molecule has 2 aromatic rings. The standard InChI is InChI=1S/C27H33N5O2/c1-31-10-12-32(13-11-31)18-20-4-8-22(9-5-20)21-6-2-19(3-7-21)14-23(17-28)30-26(33)27(29)15-24-25(16-27)34-24/h2-9,23-25H,10-16,18,29H2,1H3,(H,30,33). The van der Waals surface area contributed by atoms with Crippen LogP contribution in [0.25, 0.3) is 11.1 Å². The molecule has 2 saturated heterocycles. The SMILES string of the molecule is CN1CCN(Cc2ccc(-c3ccc(CC(C#N)NC(=O)C4(N)CC5OC5C4)cc3)cc2)CC1. The molecule has 3 unspecified atom stereocenters. The van der Waals surface area contributed by atoms with E-state index in [-0.39, 0.29) is 18.1 Å². The van der Waals surface area contributed by atoms with Gasteiger partial charge in [-0.1, -0.05) is 48.5 Å². The number of carbonyl (C=O) groups excluding carboxylic acids is 1. The number of nitrogens with two attached hydrogens (primary N) is 1. The molecule has 1 saturated carbocycles. The van der Waals surface area contributed by atoms with E-state index in [9.17, 15) is 10.1 Å². The number of hydrogen-bond acceptors (Lipinski definition) is 6. The van der Waals surface area contributed by atoms with E-state index in [4.69, 9.17) is 10.5 Å². The molecule has 3 fully saturated rings. The quantitative estimate of drug-likeness (QED) is 0.614. The van der Waals surface area contributed by atoms with Crippen molar-refractivity contribution >= 4 is 5.91 Å². The molecule has 34 heavy (non-hydrogen) atoms. The Morgan fingerprint density at radius 3 is 2.18 bits per heavy atom. The number of hydrogen-bond donors (Lipinski definition) is 2. The van der Waals surface area contributed by atoms with Crippen LogP contribution >= 0.6 is 0 Å². The first-order chi connectivity index (χ1) is 16.4. The average molecular weight is 460 g/mol. The highest BCUT2D eigenvalue weighted by Crippen LogP contribution is 2.43. The molecule has 2 heterocycles. The zero-order valence-corrected chi connectivity index (χ0v) is 19.7. The second-order valence-electron chi connectivity index (χ2n) is 10.1. The van der Waals surface area contributed by atoms with Crippen LogP contribution in [-0.4, -0.2) is 72.7 Å². The van der Waals surface area contributed by atoms with Gasteiger partial charge in [0, 0.05) is 52.0 Å². The van der Waals surface area contributed by atoms with Crippen LogP contribution < -0.4 is 11.1 Å². The Kier molecular flexibility index (Phi) is 6.41. The van der Waals surface area contributed by atoms with Crippen LogP contribution in [0.5, 0.6) is 0 Å². The summed E-state index contributed by atoms with van der Waals surface area (Å²) in [6.45, 7) is 5.48. The highest BCUT2D eigenvalue weighted by molar-refractivity contribution is 5.87. The Morgan fingerprint density at radius 1 is 1.06 bits per heavy atom. The van der Waals surface area contributed by atoms with E-state index in [0.717, 1.165) is 43.9 Å². The number of benzene rings is 2. The number of rotatable bonds is 7. The van der Waals surface area contributed by atoms with Gasteiger partial charge in [0.05, 0.1) is 18.3 Å². The highest BCUT2D eigenvalue weighted by atomic mass is 16.6. The van der Waals surface area contributed by atoms with Crippen molar-refractivity contribution in [1.82, 2.24) is 15.1 Å². The van der Waals surface area contributed by atoms with E-state index in [2.05, 4.69) is 64.6 Å². The van der Waals surface area contributed by atoms with Crippen LogP contribution in [0.2, 0.25) is 0 Å². The molecule has 0 aromatic heterocycles. The Bertz CT molecular complexity index is 1040. The molecule has 7 heteroatoms. The number of amides is 1. The molecule has 1 amide bonds. The number of likely N-dealkylation sites (N-methyl/N-ethyl adjacent to an activating group) is 1. The summed E-state index contributed by atoms with van der Waals surface area (Å²) in [6, 6.07) is 18.6. The normalized spacial score (nSPS) is 27.6. The molecule has 0 bridgehead atoms. The lowest BCUT2D eigenvalue weighted by atomic mass is 9.95. The minimum atomic E-state index is -0.914. The molecule has 2 aliphatic heterocycles. The van der Waals surface area contributed by atoms with Crippen LogP contribution in [0.1, 0.15) is 24.0 Å². The Labute approximate surface area is 201 Å². The van der Waals surface area contributed by atoms with Gasteiger partial charge in [0.25, 0.3) is 0 Å². The number of ether oxygens (including phenoxy) is 1. The van der Waals surface area contributed by atoms with Gasteiger partial charge < -0.3 is 20.7 Å². The number of piperazine rings is 1. The molecule has 3 aliphatic rings. The zero-order valence-electron chi connectivity index (χ0n) is 19.7. The first-order valence-corrected chi connectivity index (χ1v) is 12.2. The number of epoxide rings is 1. The monoisotopic (exact) mass is 459 g/mol. The van der Waals surface area contributed by atoms with Gasteiger partial charge in [0.1, 0.15) is 11.6 Å². The number of nitrogens with zero attached hydrogens (tertiary/aromatic N) is 3. The predicted octanol–water partition coefficient (Wildman–Crippen LogP) is 1.91. The Balaban J connectivity index is 1.15. The van der Waals surface area contributed by atoms with E-state index in [1.807, 2.05) is 12.1 Å². The number of nitrogens with one attached hydrogen (secondary N) is 1. The largest absolute Gasteiger partial charge is 0.369 e. The summed E-state index contributed by atoms with van der Waals surface area (Å²) >= 11 is 0. The van der Waals surface area contributed by atoms with Gasteiger partial charge in [-0.15, -0.1) is 0 Å². The van der Waals surface area contributed by atoms with Gasteiger partial charge in [-0.2, -0.15) is 5.26 Å². The third-order valence-electron chi connectivity index (χ3n) is 7.41. The number of nitriles is 1. The van der Waals surface area contributed by atoms with Crippen LogP contribution in [0, 0.1) is 11.3 Å². The average Bonchev–Trinajstić information content (AvgIpc) is 3.47. The van der Waals surface area contributed by atoms with Crippen LogP contribution in [0.15, 0.2) is 48.5 Å². The van der Waals surface area contributed by atoms with Gasteiger partial charge in [-0.05, 0) is 29.3 Å². The van der Waals surface area contributed by atoms with Crippen LogP contribution in [-0.2, 0) is 22.5 Å². The van der Waals surface area contributed by atoms with Crippen molar-refractivity contribution in [1.29, 1.82) is 5.26 Å². The lowest BCUT2D eigenvalue weighted by molar-refractivity contribution is -0.127. The third kappa shape index (κ3) is 5.16. The summed E-state index contributed by atoms with van der Waals surface area (Å²) in [5.41, 5.74) is 10.0. The summed E-state index contributed by atoms with van der Waals surface area (Å²) in [5, 5.41) is 12.4. The molecule has 3 atom stereocenters. The van der Waals surface area contributed by atoms with E-state index < -0.39 is 11.6 Å². The van der Waals surface area contributed by atoms with E-state index in [1.54, 1.807) is 0 Å². The fraction of sp³-hybridized carbons (Fsp3) is 0.481. The van der Waals surface area contributed by atoms with Crippen LogP contribution in [0.4, 0.5) is 0 Å². The molecule has 3 N–H and O–H groups in total. The summed E-state index contributed by atoms with van der Waals surface area (Å²) in [4.78, 5) is 17.5. The fourth-order valence-electron chi connectivity index (χ4n) is 5.09. The van der Waals surface area contributed by atoms with Crippen molar-refractivity contribution in [3.05, 3.63) is 59.7 Å².